The summed E-state index contributed by atoms with van der Waals surface area (Å²) in [5.74, 6) is -0.970. The number of halogens is 1. The van der Waals surface area contributed by atoms with Crippen molar-refractivity contribution < 1.29 is 9.59 Å². The molecular formula is C19H14ClN3O2S. The van der Waals surface area contributed by atoms with Gasteiger partial charge in [0.1, 0.15) is 5.70 Å². The second-order valence-electron chi connectivity index (χ2n) is 5.17. The van der Waals surface area contributed by atoms with Crippen LogP contribution in [-0.2, 0) is 4.79 Å². The molecule has 0 aliphatic rings. The van der Waals surface area contributed by atoms with Crippen LogP contribution in [0.2, 0.25) is 0 Å². The van der Waals surface area contributed by atoms with E-state index in [-0.39, 0.29) is 10.7 Å². The van der Waals surface area contributed by atoms with E-state index in [4.69, 9.17) is 11.6 Å². The lowest BCUT2D eigenvalue weighted by Crippen LogP contribution is -2.31. The summed E-state index contributed by atoms with van der Waals surface area (Å²) < 4.78 is 0. The number of aromatic nitrogens is 1. The topological polar surface area (TPSA) is 71.1 Å². The first-order chi connectivity index (χ1) is 12.6. The van der Waals surface area contributed by atoms with Gasteiger partial charge in [0.2, 0.25) is 0 Å². The first-order valence-electron chi connectivity index (χ1n) is 7.67. The van der Waals surface area contributed by atoms with Gasteiger partial charge in [-0.05, 0) is 17.7 Å². The third kappa shape index (κ3) is 4.36. The molecule has 26 heavy (non-hydrogen) atoms. The molecule has 1 heterocycles. The summed E-state index contributed by atoms with van der Waals surface area (Å²) in [7, 11) is 0. The lowest BCUT2D eigenvalue weighted by Gasteiger charge is -2.12. The number of benzene rings is 2. The predicted molar refractivity (Wildman–Crippen MR) is 104 cm³/mol. The van der Waals surface area contributed by atoms with Gasteiger partial charge in [-0.25, -0.2) is 4.98 Å². The number of thiazole rings is 1. The third-order valence-electron chi connectivity index (χ3n) is 3.40. The molecule has 0 aliphatic heterocycles. The number of nitrogens with zero attached hydrogens (tertiary/aromatic N) is 1. The molecule has 0 radical (unpaired) electrons. The second kappa shape index (κ2) is 8.42. The van der Waals surface area contributed by atoms with Crippen LogP contribution in [0, 0.1) is 0 Å². The number of carbonyl (C=O) groups excluding carboxylic acids is 2. The zero-order valence-electron chi connectivity index (χ0n) is 13.5. The quantitative estimate of drug-likeness (QED) is 0.651. The van der Waals surface area contributed by atoms with E-state index in [0.717, 1.165) is 0 Å². The van der Waals surface area contributed by atoms with Gasteiger partial charge in [0.05, 0.1) is 5.03 Å². The molecule has 0 unspecified atom stereocenters. The van der Waals surface area contributed by atoms with E-state index >= 15 is 0 Å². The Hall–Kier alpha value is -2.96. The lowest BCUT2D eigenvalue weighted by molar-refractivity contribution is -0.113. The standard InChI is InChI=1S/C19H14ClN3O2S/c20-15(13-7-3-1-4-8-13)16(18(25)23-19-21-11-12-26-19)22-17(24)14-9-5-2-6-10-14/h1-12H,(H,22,24)(H,21,23,25)/b16-15-. The summed E-state index contributed by atoms with van der Waals surface area (Å²) in [6, 6.07) is 17.6. The SMILES string of the molecule is O=C(Nc1nccs1)/C(NC(=O)c1ccccc1)=C(/Cl)c1ccccc1. The van der Waals surface area contributed by atoms with Gasteiger partial charge in [-0.2, -0.15) is 0 Å². The smallest absolute Gasteiger partial charge is 0.275 e. The van der Waals surface area contributed by atoms with Gasteiger partial charge < -0.3 is 5.32 Å². The Morgan fingerprint density at radius 3 is 2.12 bits per heavy atom. The highest BCUT2D eigenvalue weighted by Gasteiger charge is 2.20. The highest BCUT2D eigenvalue weighted by Crippen LogP contribution is 2.23. The molecule has 3 rings (SSSR count). The van der Waals surface area contributed by atoms with Crippen molar-refractivity contribution >= 4 is 44.9 Å². The van der Waals surface area contributed by atoms with E-state index in [2.05, 4.69) is 15.6 Å². The summed E-state index contributed by atoms with van der Waals surface area (Å²) >= 11 is 7.70. The van der Waals surface area contributed by atoms with Crippen LogP contribution in [0.5, 0.6) is 0 Å². The fourth-order valence-corrected chi connectivity index (χ4v) is 2.94. The van der Waals surface area contributed by atoms with Crippen LogP contribution < -0.4 is 10.6 Å². The number of carbonyl (C=O) groups is 2. The van der Waals surface area contributed by atoms with Crippen LogP contribution in [0.15, 0.2) is 77.9 Å². The molecule has 2 aromatic carbocycles. The van der Waals surface area contributed by atoms with E-state index in [1.165, 1.54) is 11.3 Å². The van der Waals surface area contributed by atoms with Crippen molar-refractivity contribution in [1.82, 2.24) is 10.3 Å². The predicted octanol–water partition coefficient (Wildman–Crippen LogP) is 4.12. The molecule has 1 aromatic heterocycles. The molecule has 0 saturated heterocycles. The van der Waals surface area contributed by atoms with Crippen molar-refractivity contribution in [3.63, 3.8) is 0 Å². The molecule has 0 bridgehead atoms. The molecule has 0 aliphatic carbocycles. The highest BCUT2D eigenvalue weighted by atomic mass is 35.5. The zero-order valence-corrected chi connectivity index (χ0v) is 15.1. The second-order valence-corrected chi connectivity index (χ2v) is 6.44. The summed E-state index contributed by atoms with van der Waals surface area (Å²) in [5, 5.41) is 7.55. The van der Waals surface area contributed by atoms with Crippen molar-refractivity contribution in [2.45, 2.75) is 0 Å². The highest BCUT2D eigenvalue weighted by molar-refractivity contribution is 7.13. The minimum atomic E-state index is -0.543. The molecule has 7 heteroatoms. The number of rotatable bonds is 5. The van der Waals surface area contributed by atoms with Gasteiger partial charge in [-0.1, -0.05) is 60.1 Å². The van der Waals surface area contributed by atoms with Crippen molar-refractivity contribution in [2.24, 2.45) is 0 Å². The number of amides is 2. The van der Waals surface area contributed by atoms with Crippen molar-refractivity contribution in [1.29, 1.82) is 0 Å². The molecule has 0 fully saturated rings. The van der Waals surface area contributed by atoms with E-state index in [9.17, 15) is 9.59 Å². The Morgan fingerprint density at radius 2 is 1.54 bits per heavy atom. The Kier molecular flexibility index (Phi) is 5.78. The van der Waals surface area contributed by atoms with E-state index in [1.54, 1.807) is 66.2 Å². The van der Waals surface area contributed by atoms with Gasteiger partial charge in [-0.15, -0.1) is 11.3 Å². The maximum Gasteiger partial charge on any atom is 0.275 e. The molecular weight excluding hydrogens is 370 g/mol. The first kappa shape index (κ1) is 17.8. The van der Waals surface area contributed by atoms with Gasteiger partial charge >= 0.3 is 0 Å². The third-order valence-corrected chi connectivity index (χ3v) is 4.50. The zero-order chi connectivity index (χ0) is 18.4. The Morgan fingerprint density at radius 1 is 0.923 bits per heavy atom. The molecule has 2 amide bonds. The normalized spacial score (nSPS) is 11.4. The molecule has 0 spiro atoms. The Labute approximate surface area is 159 Å². The summed E-state index contributed by atoms with van der Waals surface area (Å²) in [5.41, 5.74) is 0.998. The van der Waals surface area contributed by atoms with Crippen molar-refractivity contribution in [3.8, 4) is 0 Å². The van der Waals surface area contributed by atoms with Crippen molar-refractivity contribution in [2.75, 3.05) is 5.32 Å². The number of nitrogens with one attached hydrogen (secondary N) is 2. The maximum atomic E-state index is 12.7. The van der Waals surface area contributed by atoms with Crippen LogP contribution in [0.25, 0.3) is 5.03 Å². The molecule has 130 valence electrons. The molecule has 2 N–H and O–H groups in total. The number of hydrogen-bond donors (Lipinski definition) is 2. The van der Waals surface area contributed by atoms with Gasteiger partial charge in [0.15, 0.2) is 5.13 Å². The minimum absolute atomic E-state index is 0.0399. The first-order valence-corrected chi connectivity index (χ1v) is 8.93. The summed E-state index contributed by atoms with van der Waals surface area (Å²) in [6.07, 6.45) is 1.57. The largest absolute Gasteiger partial charge is 0.316 e. The fourth-order valence-electron chi connectivity index (χ4n) is 2.16. The molecule has 0 saturated carbocycles. The van der Waals surface area contributed by atoms with Crippen molar-refractivity contribution in [3.05, 3.63) is 89.1 Å². The van der Waals surface area contributed by atoms with Gasteiger partial charge in [0.25, 0.3) is 11.8 Å². The summed E-state index contributed by atoms with van der Waals surface area (Å²) in [6.45, 7) is 0. The van der Waals surface area contributed by atoms with Crippen LogP contribution in [0.3, 0.4) is 0 Å². The van der Waals surface area contributed by atoms with E-state index in [1.807, 2.05) is 6.07 Å². The Balaban J connectivity index is 1.93. The Bertz CT molecular complexity index is 926. The van der Waals surface area contributed by atoms with E-state index < -0.39 is 11.8 Å². The van der Waals surface area contributed by atoms with E-state index in [0.29, 0.717) is 16.3 Å². The average Bonchev–Trinajstić information content (AvgIpc) is 3.19. The maximum absolute atomic E-state index is 12.7. The molecule has 3 aromatic rings. The van der Waals surface area contributed by atoms with Gasteiger partial charge in [-0.3, -0.25) is 14.9 Å². The van der Waals surface area contributed by atoms with Crippen LogP contribution in [0.1, 0.15) is 15.9 Å². The number of anilines is 1. The summed E-state index contributed by atoms with van der Waals surface area (Å²) in [4.78, 5) is 29.2. The van der Waals surface area contributed by atoms with Gasteiger partial charge in [0, 0.05) is 17.1 Å². The number of hydrogen-bond acceptors (Lipinski definition) is 4. The molecule has 5 nitrogen and oxygen atoms in total. The monoisotopic (exact) mass is 383 g/mol. The minimum Gasteiger partial charge on any atom is -0.316 e. The fraction of sp³-hybridized carbons (Fsp3) is 0. The van der Waals surface area contributed by atoms with Crippen LogP contribution >= 0.6 is 22.9 Å². The lowest BCUT2D eigenvalue weighted by atomic mass is 10.1. The van der Waals surface area contributed by atoms with Crippen LogP contribution in [0.4, 0.5) is 5.13 Å². The molecule has 0 atom stereocenters. The van der Waals surface area contributed by atoms with Crippen LogP contribution in [-0.4, -0.2) is 16.8 Å². The average molecular weight is 384 g/mol.